The molecule has 0 amide bonds. The van der Waals surface area contributed by atoms with E-state index in [2.05, 4.69) is 4.98 Å². The molecule has 1 N–H and O–H groups in total. The molecular formula is C16H18ClNO8. The Labute approximate surface area is 154 Å². The first-order valence-corrected chi connectivity index (χ1v) is 7.13. The monoisotopic (exact) mass is 387 g/mol. The maximum atomic E-state index is 12.2. The van der Waals surface area contributed by atoms with Gasteiger partial charge in [0, 0.05) is 18.7 Å². The maximum Gasteiger partial charge on any atom is 0.379 e. The van der Waals surface area contributed by atoms with Gasteiger partial charge in [0.25, 0.3) is 0 Å². The number of aromatic carboxylic acids is 1. The van der Waals surface area contributed by atoms with E-state index in [1.807, 2.05) is 0 Å². The second-order valence-corrected chi connectivity index (χ2v) is 4.71. The molecule has 0 aliphatic heterocycles. The SMILES string of the molecule is COCCOc1c(-c2c(OC)cncc2OC)cc(C(=O)O)oc1=O.Cl. The molecule has 0 unspecified atom stereocenters. The van der Waals surface area contributed by atoms with Crippen LogP contribution in [0, 0.1) is 0 Å². The Kier molecular flexibility index (Phi) is 7.88. The highest BCUT2D eigenvalue weighted by Gasteiger charge is 2.24. The lowest BCUT2D eigenvalue weighted by Crippen LogP contribution is -2.15. The molecule has 0 aliphatic carbocycles. The molecule has 2 aromatic rings. The number of aromatic nitrogens is 1. The molecule has 0 aliphatic rings. The van der Waals surface area contributed by atoms with Crippen LogP contribution in [0.4, 0.5) is 0 Å². The zero-order valence-corrected chi connectivity index (χ0v) is 15.1. The van der Waals surface area contributed by atoms with E-state index in [1.54, 1.807) is 0 Å². The fourth-order valence-corrected chi connectivity index (χ4v) is 2.14. The van der Waals surface area contributed by atoms with E-state index in [0.717, 1.165) is 0 Å². The zero-order valence-electron chi connectivity index (χ0n) is 14.3. The van der Waals surface area contributed by atoms with Crippen molar-refractivity contribution in [3.63, 3.8) is 0 Å². The minimum absolute atomic E-state index is 0. The number of rotatable bonds is 8. The largest absolute Gasteiger partial charge is 0.494 e. The van der Waals surface area contributed by atoms with Gasteiger partial charge < -0.3 is 28.5 Å². The third kappa shape index (κ3) is 4.44. The maximum absolute atomic E-state index is 12.2. The summed E-state index contributed by atoms with van der Waals surface area (Å²) in [6.45, 7) is 0.292. The van der Waals surface area contributed by atoms with E-state index in [4.69, 9.17) is 23.4 Å². The quantitative estimate of drug-likeness (QED) is 0.677. The van der Waals surface area contributed by atoms with E-state index in [1.165, 1.54) is 39.8 Å². The second-order valence-electron chi connectivity index (χ2n) is 4.71. The van der Waals surface area contributed by atoms with Crippen LogP contribution in [0.1, 0.15) is 10.6 Å². The summed E-state index contributed by atoms with van der Waals surface area (Å²) in [6, 6.07) is 1.17. The zero-order chi connectivity index (χ0) is 18.4. The van der Waals surface area contributed by atoms with Gasteiger partial charge in [0.05, 0.1) is 38.8 Å². The Morgan fingerprint density at radius 3 is 2.27 bits per heavy atom. The summed E-state index contributed by atoms with van der Waals surface area (Å²) in [5.41, 5.74) is -0.462. The van der Waals surface area contributed by atoms with Gasteiger partial charge in [0.15, 0.2) is 0 Å². The molecule has 142 valence electrons. The van der Waals surface area contributed by atoms with Crippen molar-refractivity contribution in [2.24, 2.45) is 0 Å². The lowest BCUT2D eigenvalue weighted by atomic mass is 10.0. The van der Waals surface area contributed by atoms with Crippen molar-refractivity contribution in [1.29, 1.82) is 0 Å². The molecule has 10 heteroatoms. The lowest BCUT2D eigenvalue weighted by molar-refractivity contribution is 0.0655. The predicted octanol–water partition coefficient (Wildman–Crippen LogP) is 1.86. The predicted molar refractivity (Wildman–Crippen MR) is 92.9 cm³/mol. The summed E-state index contributed by atoms with van der Waals surface area (Å²) >= 11 is 0. The fourth-order valence-electron chi connectivity index (χ4n) is 2.14. The normalized spacial score (nSPS) is 9.96. The first-order valence-electron chi connectivity index (χ1n) is 7.13. The van der Waals surface area contributed by atoms with Crippen molar-refractivity contribution in [2.45, 2.75) is 0 Å². The number of nitrogens with zero attached hydrogens (tertiary/aromatic N) is 1. The van der Waals surface area contributed by atoms with Gasteiger partial charge in [-0.2, -0.15) is 0 Å². The van der Waals surface area contributed by atoms with Gasteiger partial charge in [-0.3, -0.25) is 4.98 Å². The number of methoxy groups -OCH3 is 3. The van der Waals surface area contributed by atoms with Gasteiger partial charge in [-0.05, 0) is 0 Å². The van der Waals surface area contributed by atoms with Crippen molar-refractivity contribution in [3.05, 3.63) is 34.6 Å². The molecular weight excluding hydrogens is 370 g/mol. The summed E-state index contributed by atoms with van der Waals surface area (Å²) in [6.07, 6.45) is 2.82. The molecule has 9 nitrogen and oxygen atoms in total. The molecule has 0 spiro atoms. The number of pyridine rings is 1. The van der Waals surface area contributed by atoms with Crippen LogP contribution in [0.25, 0.3) is 11.1 Å². The summed E-state index contributed by atoms with van der Waals surface area (Å²) < 4.78 is 25.6. The highest BCUT2D eigenvalue weighted by molar-refractivity contribution is 5.89. The van der Waals surface area contributed by atoms with Crippen molar-refractivity contribution >= 4 is 18.4 Å². The second kappa shape index (κ2) is 9.64. The topological polar surface area (TPSA) is 117 Å². The molecule has 0 atom stereocenters. The van der Waals surface area contributed by atoms with Gasteiger partial charge in [0.2, 0.25) is 11.5 Å². The van der Waals surface area contributed by atoms with Crippen molar-refractivity contribution in [2.75, 3.05) is 34.5 Å². The van der Waals surface area contributed by atoms with E-state index in [9.17, 15) is 14.7 Å². The highest BCUT2D eigenvalue weighted by atomic mass is 35.5. The Morgan fingerprint density at radius 2 is 1.77 bits per heavy atom. The van der Waals surface area contributed by atoms with Crippen LogP contribution >= 0.6 is 12.4 Å². The number of hydrogen-bond acceptors (Lipinski definition) is 8. The van der Waals surface area contributed by atoms with Crippen LogP contribution in [-0.2, 0) is 4.74 Å². The molecule has 2 aromatic heterocycles. The van der Waals surface area contributed by atoms with Crippen LogP contribution in [0.3, 0.4) is 0 Å². The average molecular weight is 388 g/mol. The molecule has 2 heterocycles. The van der Waals surface area contributed by atoms with Crippen LogP contribution in [0.2, 0.25) is 0 Å². The van der Waals surface area contributed by atoms with Crippen LogP contribution in [0.5, 0.6) is 17.2 Å². The molecule has 2 rings (SSSR count). The number of carbonyl (C=O) groups is 1. The van der Waals surface area contributed by atoms with Gasteiger partial charge in [0.1, 0.15) is 18.1 Å². The molecule has 0 fully saturated rings. The van der Waals surface area contributed by atoms with Gasteiger partial charge >= 0.3 is 11.6 Å². The number of halogens is 1. The van der Waals surface area contributed by atoms with Crippen molar-refractivity contribution in [3.8, 4) is 28.4 Å². The Balaban J connectivity index is 0.00000338. The van der Waals surface area contributed by atoms with Gasteiger partial charge in [-0.1, -0.05) is 0 Å². The van der Waals surface area contributed by atoms with Crippen molar-refractivity contribution < 1.29 is 33.3 Å². The van der Waals surface area contributed by atoms with E-state index < -0.39 is 17.4 Å². The Bertz CT molecular complexity index is 798. The third-order valence-electron chi connectivity index (χ3n) is 3.24. The number of ether oxygens (including phenoxy) is 4. The third-order valence-corrected chi connectivity index (χ3v) is 3.24. The minimum Gasteiger partial charge on any atom is -0.494 e. The number of carboxylic acids is 1. The van der Waals surface area contributed by atoms with Gasteiger partial charge in [-0.25, -0.2) is 9.59 Å². The first-order chi connectivity index (χ1) is 12.0. The highest BCUT2D eigenvalue weighted by Crippen LogP contribution is 2.41. The van der Waals surface area contributed by atoms with E-state index >= 15 is 0 Å². The van der Waals surface area contributed by atoms with Gasteiger partial charge in [-0.15, -0.1) is 12.4 Å². The van der Waals surface area contributed by atoms with Crippen LogP contribution < -0.4 is 19.8 Å². The number of carboxylic acid groups (broad SMARTS) is 1. The standard InChI is InChI=1S/C16H17NO8.ClH/c1-21-4-5-24-14-9(6-10(15(18)19)25-16(14)20)13-11(22-2)7-17-8-12(13)23-3;/h6-8H,4-5H2,1-3H3,(H,18,19);1H. The van der Waals surface area contributed by atoms with Crippen LogP contribution in [-0.4, -0.2) is 50.6 Å². The Hall–Kier alpha value is -2.78. The number of hydrogen-bond donors (Lipinski definition) is 1. The van der Waals surface area contributed by atoms with Crippen molar-refractivity contribution in [1.82, 2.24) is 4.98 Å². The summed E-state index contributed by atoms with van der Waals surface area (Å²) in [5, 5.41) is 9.17. The first kappa shape index (κ1) is 21.3. The summed E-state index contributed by atoms with van der Waals surface area (Å²) in [4.78, 5) is 27.5. The molecule has 26 heavy (non-hydrogen) atoms. The molecule has 0 aromatic carbocycles. The summed E-state index contributed by atoms with van der Waals surface area (Å²) in [5.74, 6) is -1.56. The summed E-state index contributed by atoms with van der Waals surface area (Å²) in [7, 11) is 4.30. The average Bonchev–Trinajstić information content (AvgIpc) is 2.61. The fraction of sp³-hybridized carbons (Fsp3) is 0.312. The molecule has 0 bridgehead atoms. The molecule has 0 saturated heterocycles. The van der Waals surface area contributed by atoms with E-state index in [-0.39, 0.29) is 48.4 Å². The lowest BCUT2D eigenvalue weighted by Gasteiger charge is -2.15. The van der Waals surface area contributed by atoms with Crippen LogP contribution in [0.15, 0.2) is 27.7 Å². The van der Waals surface area contributed by atoms with E-state index in [0.29, 0.717) is 5.56 Å². The smallest absolute Gasteiger partial charge is 0.379 e. The minimum atomic E-state index is -1.39. The molecule has 0 saturated carbocycles. The molecule has 0 radical (unpaired) electrons. The Morgan fingerprint density at radius 1 is 1.15 bits per heavy atom.